The van der Waals surface area contributed by atoms with Crippen molar-refractivity contribution >= 4 is 17.2 Å². The van der Waals surface area contributed by atoms with Crippen LogP contribution in [-0.4, -0.2) is 29.1 Å². The Balaban J connectivity index is 1.93. The second-order valence-electron chi connectivity index (χ2n) is 4.51. The molecule has 2 aromatic heterocycles. The van der Waals surface area contributed by atoms with Crippen molar-refractivity contribution in [3.05, 3.63) is 29.5 Å². The molecule has 0 fully saturated rings. The van der Waals surface area contributed by atoms with Crippen LogP contribution in [0, 0.1) is 5.92 Å². The first-order valence-electron chi connectivity index (χ1n) is 6.63. The number of aliphatic hydroxyl groups is 1. The van der Waals surface area contributed by atoms with Gasteiger partial charge in [0.25, 0.3) is 5.91 Å². The smallest absolute Gasteiger partial charge is 0.270 e. The Morgan fingerprint density at radius 1 is 1.60 bits per heavy atom. The van der Waals surface area contributed by atoms with Crippen LogP contribution < -0.4 is 5.32 Å². The molecule has 0 aliphatic heterocycles. The van der Waals surface area contributed by atoms with Gasteiger partial charge in [-0.2, -0.15) is 0 Å². The molecule has 1 atom stereocenters. The van der Waals surface area contributed by atoms with Gasteiger partial charge in [-0.1, -0.05) is 13.3 Å². The van der Waals surface area contributed by atoms with Crippen molar-refractivity contribution in [2.24, 2.45) is 5.92 Å². The Bertz CT molecular complexity index is 536. The van der Waals surface area contributed by atoms with Crippen molar-refractivity contribution in [1.82, 2.24) is 10.3 Å². The van der Waals surface area contributed by atoms with E-state index in [0.717, 1.165) is 6.42 Å². The summed E-state index contributed by atoms with van der Waals surface area (Å²) in [5, 5.41) is 14.2. The normalized spacial score (nSPS) is 12.3. The highest BCUT2D eigenvalue weighted by Crippen LogP contribution is 2.23. The van der Waals surface area contributed by atoms with Gasteiger partial charge in [0, 0.05) is 18.5 Å². The number of rotatable bonds is 7. The first-order chi connectivity index (χ1) is 9.74. The fraction of sp³-hybridized carbons (Fsp3) is 0.429. The lowest BCUT2D eigenvalue weighted by atomic mass is 10.0. The van der Waals surface area contributed by atoms with Crippen molar-refractivity contribution in [1.29, 1.82) is 0 Å². The summed E-state index contributed by atoms with van der Waals surface area (Å²) in [5.41, 5.74) is 0.403. The second kappa shape index (κ2) is 7.21. The minimum absolute atomic E-state index is 0.147. The number of aliphatic hydroxyl groups excluding tert-OH is 1. The molecule has 2 N–H and O–H groups in total. The number of hydrogen-bond donors (Lipinski definition) is 2. The number of amides is 1. The third-order valence-electron chi connectivity index (χ3n) is 3.13. The number of carbonyl (C=O) groups excluding carboxylic acids is 1. The van der Waals surface area contributed by atoms with Gasteiger partial charge in [-0.25, -0.2) is 4.98 Å². The molecule has 2 aromatic rings. The summed E-state index contributed by atoms with van der Waals surface area (Å²) >= 11 is 1.38. The minimum atomic E-state index is -0.185. The van der Waals surface area contributed by atoms with Crippen LogP contribution in [0.2, 0.25) is 0 Å². The van der Waals surface area contributed by atoms with Gasteiger partial charge in [0.2, 0.25) is 0 Å². The number of aromatic nitrogens is 1. The maximum Gasteiger partial charge on any atom is 0.270 e. The van der Waals surface area contributed by atoms with Crippen LogP contribution in [0.15, 0.2) is 28.2 Å². The van der Waals surface area contributed by atoms with Gasteiger partial charge >= 0.3 is 0 Å². The van der Waals surface area contributed by atoms with E-state index in [1.165, 1.54) is 11.3 Å². The summed E-state index contributed by atoms with van der Waals surface area (Å²) in [4.78, 5) is 16.3. The van der Waals surface area contributed by atoms with Crippen molar-refractivity contribution in [2.45, 2.75) is 19.8 Å². The topological polar surface area (TPSA) is 75.4 Å². The first kappa shape index (κ1) is 14.7. The SMILES string of the molecule is CCC(CCO)CNC(=O)c1csc(-c2ccco2)n1. The zero-order valence-corrected chi connectivity index (χ0v) is 12.2. The van der Waals surface area contributed by atoms with E-state index in [2.05, 4.69) is 10.3 Å². The number of furan rings is 1. The van der Waals surface area contributed by atoms with E-state index in [0.29, 0.717) is 35.3 Å². The fourth-order valence-electron chi connectivity index (χ4n) is 1.85. The Hall–Kier alpha value is -1.66. The average molecular weight is 294 g/mol. The average Bonchev–Trinajstić information content (AvgIpc) is 3.12. The highest BCUT2D eigenvalue weighted by Gasteiger charge is 2.14. The molecule has 1 amide bonds. The molecule has 0 aromatic carbocycles. The predicted octanol–water partition coefficient (Wildman–Crippen LogP) is 2.54. The van der Waals surface area contributed by atoms with E-state index in [1.54, 1.807) is 17.7 Å². The number of thiazole rings is 1. The monoisotopic (exact) mass is 294 g/mol. The third-order valence-corrected chi connectivity index (χ3v) is 3.99. The molecule has 20 heavy (non-hydrogen) atoms. The van der Waals surface area contributed by atoms with Crippen molar-refractivity contribution < 1.29 is 14.3 Å². The molecule has 5 nitrogen and oxygen atoms in total. The lowest BCUT2D eigenvalue weighted by Gasteiger charge is -2.13. The number of nitrogens with one attached hydrogen (secondary N) is 1. The van der Waals surface area contributed by atoms with Gasteiger partial charge < -0.3 is 14.8 Å². The molecule has 2 heterocycles. The molecule has 0 radical (unpaired) electrons. The maximum absolute atomic E-state index is 12.0. The molecule has 0 spiro atoms. The Labute approximate surface area is 121 Å². The van der Waals surface area contributed by atoms with E-state index in [-0.39, 0.29) is 12.5 Å². The number of carbonyl (C=O) groups is 1. The van der Waals surface area contributed by atoms with Crippen LogP contribution >= 0.6 is 11.3 Å². The second-order valence-corrected chi connectivity index (χ2v) is 5.37. The van der Waals surface area contributed by atoms with Gasteiger partial charge in [-0.3, -0.25) is 4.79 Å². The molecule has 2 rings (SSSR count). The summed E-state index contributed by atoms with van der Waals surface area (Å²) in [7, 11) is 0. The highest BCUT2D eigenvalue weighted by atomic mass is 32.1. The lowest BCUT2D eigenvalue weighted by Crippen LogP contribution is -2.29. The molecule has 0 aliphatic rings. The van der Waals surface area contributed by atoms with Gasteiger partial charge in [0.05, 0.1) is 6.26 Å². The van der Waals surface area contributed by atoms with Crippen LogP contribution in [0.1, 0.15) is 30.3 Å². The molecule has 0 aliphatic carbocycles. The zero-order chi connectivity index (χ0) is 14.4. The van der Waals surface area contributed by atoms with Crippen LogP contribution in [0.5, 0.6) is 0 Å². The van der Waals surface area contributed by atoms with E-state index in [4.69, 9.17) is 9.52 Å². The Morgan fingerprint density at radius 3 is 3.10 bits per heavy atom. The highest BCUT2D eigenvalue weighted by molar-refractivity contribution is 7.13. The molecule has 0 saturated carbocycles. The molecule has 6 heteroatoms. The lowest BCUT2D eigenvalue weighted by molar-refractivity contribution is 0.0939. The fourth-order valence-corrected chi connectivity index (χ4v) is 2.62. The van der Waals surface area contributed by atoms with Crippen molar-refractivity contribution in [3.63, 3.8) is 0 Å². The largest absolute Gasteiger partial charge is 0.462 e. The van der Waals surface area contributed by atoms with Crippen molar-refractivity contribution in [3.8, 4) is 10.8 Å². The summed E-state index contributed by atoms with van der Waals surface area (Å²) < 4.78 is 5.25. The molecular formula is C14H18N2O3S. The number of hydrogen-bond acceptors (Lipinski definition) is 5. The van der Waals surface area contributed by atoms with Crippen LogP contribution in [-0.2, 0) is 0 Å². The van der Waals surface area contributed by atoms with E-state index < -0.39 is 0 Å². The first-order valence-corrected chi connectivity index (χ1v) is 7.51. The van der Waals surface area contributed by atoms with Gasteiger partial charge in [0.15, 0.2) is 10.8 Å². The Morgan fingerprint density at radius 2 is 2.45 bits per heavy atom. The van der Waals surface area contributed by atoms with Gasteiger partial charge in [-0.05, 0) is 24.5 Å². The van der Waals surface area contributed by atoms with Crippen LogP contribution in [0.3, 0.4) is 0 Å². The standard InChI is InChI=1S/C14H18N2O3S/c1-2-10(5-6-17)8-15-13(18)11-9-20-14(16-11)12-4-3-7-19-12/h3-4,7,9-10,17H,2,5-6,8H2,1H3,(H,15,18). The van der Waals surface area contributed by atoms with Crippen LogP contribution in [0.25, 0.3) is 10.8 Å². The summed E-state index contributed by atoms with van der Waals surface area (Å²) in [6.07, 6.45) is 3.21. The zero-order valence-electron chi connectivity index (χ0n) is 11.3. The summed E-state index contributed by atoms with van der Waals surface area (Å²) in [6, 6.07) is 3.60. The molecule has 1 unspecified atom stereocenters. The minimum Gasteiger partial charge on any atom is -0.462 e. The summed E-state index contributed by atoms with van der Waals surface area (Å²) in [6.45, 7) is 2.75. The van der Waals surface area contributed by atoms with E-state index >= 15 is 0 Å². The molecular weight excluding hydrogens is 276 g/mol. The molecule has 0 saturated heterocycles. The molecule has 0 bridgehead atoms. The van der Waals surface area contributed by atoms with E-state index in [9.17, 15) is 4.79 Å². The molecule has 108 valence electrons. The third kappa shape index (κ3) is 3.68. The maximum atomic E-state index is 12.0. The van der Waals surface area contributed by atoms with Gasteiger partial charge in [-0.15, -0.1) is 11.3 Å². The summed E-state index contributed by atoms with van der Waals surface area (Å²) in [5.74, 6) is 0.781. The number of nitrogens with zero attached hydrogens (tertiary/aromatic N) is 1. The van der Waals surface area contributed by atoms with Gasteiger partial charge in [0.1, 0.15) is 5.69 Å². The van der Waals surface area contributed by atoms with Crippen molar-refractivity contribution in [2.75, 3.05) is 13.2 Å². The van der Waals surface area contributed by atoms with Crippen LogP contribution in [0.4, 0.5) is 0 Å². The Kier molecular flexibility index (Phi) is 5.31. The predicted molar refractivity (Wildman–Crippen MR) is 77.6 cm³/mol. The van der Waals surface area contributed by atoms with E-state index in [1.807, 2.05) is 13.0 Å². The quantitative estimate of drug-likeness (QED) is 0.823.